The van der Waals surface area contributed by atoms with Crippen molar-refractivity contribution in [3.63, 3.8) is 0 Å². The van der Waals surface area contributed by atoms with Gasteiger partial charge in [0.25, 0.3) is 0 Å². The summed E-state index contributed by atoms with van der Waals surface area (Å²) in [5, 5.41) is 15.0. The van der Waals surface area contributed by atoms with Crippen molar-refractivity contribution in [2.45, 2.75) is 0 Å². The third-order valence-electron chi connectivity index (χ3n) is 2.11. The van der Waals surface area contributed by atoms with Crippen LogP contribution in [0.25, 0.3) is 22.9 Å². The number of aromatic nitrogens is 4. The molecule has 6 heteroatoms. The number of benzene rings is 1. The fourth-order valence-electron chi connectivity index (χ4n) is 1.44. The Morgan fingerprint density at radius 2 is 1.25 bits per heavy atom. The molecule has 6 nitrogen and oxygen atoms in total. The Hall–Kier alpha value is -2.50. The Kier molecular flexibility index (Phi) is 1.96. The molecular formula is C10H6N4O2. The molecule has 3 rings (SSSR count). The average Bonchev–Trinajstić information content (AvgIpc) is 3.03. The van der Waals surface area contributed by atoms with Gasteiger partial charge in [-0.25, -0.2) is 0 Å². The van der Waals surface area contributed by atoms with Gasteiger partial charge in [-0.15, -0.1) is 20.4 Å². The molecule has 0 aliphatic heterocycles. The first-order valence-electron chi connectivity index (χ1n) is 4.57. The van der Waals surface area contributed by atoms with E-state index in [9.17, 15) is 0 Å². The molecule has 3 aromatic rings. The highest BCUT2D eigenvalue weighted by atomic mass is 16.4. The molecule has 0 N–H and O–H groups in total. The molecule has 0 bridgehead atoms. The molecule has 0 atom stereocenters. The second kappa shape index (κ2) is 3.58. The molecule has 0 saturated carbocycles. The van der Waals surface area contributed by atoms with Gasteiger partial charge in [-0.1, -0.05) is 12.1 Å². The lowest BCUT2D eigenvalue weighted by Gasteiger charge is -2.00. The van der Waals surface area contributed by atoms with Gasteiger partial charge in [0.15, 0.2) is 0 Å². The molecule has 2 heterocycles. The number of nitrogens with zero attached hydrogens (tertiary/aromatic N) is 4. The molecule has 0 unspecified atom stereocenters. The van der Waals surface area contributed by atoms with Crippen molar-refractivity contribution < 1.29 is 8.83 Å². The van der Waals surface area contributed by atoms with Crippen molar-refractivity contribution in [2.24, 2.45) is 0 Å². The van der Waals surface area contributed by atoms with E-state index in [2.05, 4.69) is 20.4 Å². The molecule has 2 aromatic heterocycles. The third-order valence-corrected chi connectivity index (χ3v) is 2.11. The van der Waals surface area contributed by atoms with Crippen molar-refractivity contribution in [1.29, 1.82) is 0 Å². The Bertz CT molecular complexity index is 521. The van der Waals surface area contributed by atoms with Crippen LogP contribution >= 0.6 is 0 Å². The first kappa shape index (κ1) is 8.78. The van der Waals surface area contributed by atoms with E-state index in [0.717, 1.165) is 11.1 Å². The van der Waals surface area contributed by atoms with E-state index in [-0.39, 0.29) is 0 Å². The lowest BCUT2D eigenvalue weighted by atomic mass is 10.1. The summed E-state index contributed by atoms with van der Waals surface area (Å²) in [6.45, 7) is 0. The zero-order valence-corrected chi connectivity index (χ0v) is 8.07. The van der Waals surface area contributed by atoms with Crippen molar-refractivity contribution in [2.75, 3.05) is 0 Å². The van der Waals surface area contributed by atoms with Crippen molar-refractivity contribution in [3.05, 3.63) is 37.1 Å². The summed E-state index contributed by atoms with van der Waals surface area (Å²) in [6, 6.07) is 7.46. The summed E-state index contributed by atoms with van der Waals surface area (Å²) in [5.41, 5.74) is 1.54. The standard InChI is InChI=1S/C10H6N4O2/c1-2-4-8(10-14-12-6-16-10)7(3-1)9-13-11-5-15-9/h1-6H. The van der Waals surface area contributed by atoms with E-state index >= 15 is 0 Å². The van der Waals surface area contributed by atoms with E-state index in [0.29, 0.717) is 11.8 Å². The van der Waals surface area contributed by atoms with Crippen LogP contribution in [0.3, 0.4) is 0 Å². The summed E-state index contributed by atoms with van der Waals surface area (Å²) >= 11 is 0. The monoisotopic (exact) mass is 214 g/mol. The van der Waals surface area contributed by atoms with Crippen molar-refractivity contribution in [1.82, 2.24) is 20.4 Å². The topological polar surface area (TPSA) is 77.8 Å². The van der Waals surface area contributed by atoms with E-state index in [1.165, 1.54) is 12.8 Å². The summed E-state index contributed by atoms with van der Waals surface area (Å²) in [6.07, 6.45) is 2.56. The van der Waals surface area contributed by atoms with Crippen LogP contribution in [0.15, 0.2) is 45.9 Å². The van der Waals surface area contributed by atoms with Gasteiger partial charge >= 0.3 is 0 Å². The molecule has 0 amide bonds. The van der Waals surface area contributed by atoms with E-state index in [1.807, 2.05) is 24.3 Å². The van der Waals surface area contributed by atoms with Crippen molar-refractivity contribution >= 4 is 0 Å². The van der Waals surface area contributed by atoms with Gasteiger partial charge in [0.2, 0.25) is 24.6 Å². The summed E-state index contributed by atoms with van der Waals surface area (Å²) in [7, 11) is 0. The first-order valence-corrected chi connectivity index (χ1v) is 4.57. The van der Waals surface area contributed by atoms with E-state index in [1.54, 1.807) is 0 Å². The zero-order chi connectivity index (χ0) is 10.8. The second-order valence-electron chi connectivity index (χ2n) is 3.03. The van der Waals surface area contributed by atoms with Crippen molar-refractivity contribution in [3.8, 4) is 22.9 Å². The predicted octanol–water partition coefficient (Wildman–Crippen LogP) is 1.79. The minimum Gasteiger partial charge on any atom is -0.423 e. The highest BCUT2D eigenvalue weighted by Gasteiger charge is 2.13. The van der Waals surface area contributed by atoms with Gasteiger partial charge in [0.1, 0.15) is 0 Å². The summed E-state index contributed by atoms with van der Waals surface area (Å²) in [4.78, 5) is 0. The van der Waals surface area contributed by atoms with Gasteiger partial charge < -0.3 is 8.83 Å². The maximum Gasteiger partial charge on any atom is 0.248 e. The minimum absolute atomic E-state index is 0.425. The predicted molar refractivity (Wildman–Crippen MR) is 53.0 cm³/mol. The van der Waals surface area contributed by atoms with Crippen LogP contribution in [0.1, 0.15) is 0 Å². The first-order chi connectivity index (χ1) is 7.95. The van der Waals surface area contributed by atoms with E-state index in [4.69, 9.17) is 8.83 Å². The smallest absolute Gasteiger partial charge is 0.248 e. The lowest BCUT2D eigenvalue weighted by molar-refractivity contribution is 0.562. The SMILES string of the molecule is c1ccc(-c2nnco2)c(-c2nnco2)c1. The fraction of sp³-hybridized carbons (Fsp3) is 0. The number of hydrogen-bond donors (Lipinski definition) is 0. The number of hydrogen-bond acceptors (Lipinski definition) is 6. The molecule has 78 valence electrons. The molecule has 0 aliphatic rings. The third kappa shape index (κ3) is 1.36. The Labute approximate surface area is 89.9 Å². The maximum atomic E-state index is 5.15. The molecule has 0 fully saturated rings. The Morgan fingerprint density at radius 1 is 0.750 bits per heavy atom. The minimum atomic E-state index is 0.425. The van der Waals surface area contributed by atoms with Crippen LogP contribution in [0.4, 0.5) is 0 Å². The van der Waals surface area contributed by atoms with Gasteiger partial charge in [-0.05, 0) is 12.1 Å². The molecule has 0 aliphatic carbocycles. The van der Waals surface area contributed by atoms with Crippen LogP contribution in [-0.2, 0) is 0 Å². The zero-order valence-electron chi connectivity index (χ0n) is 8.07. The van der Waals surface area contributed by atoms with E-state index < -0.39 is 0 Å². The summed E-state index contributed by atoms with van der Waals surface area (Å²) < 4.78 is 10.3. The maximum absolute atomic E-state index is 5.15. The molecular weight excluding hydrogens is 208 g/mol. The lowest BCUT2D eigenvalue weighted by Crippen LogP contribution is -1.85. The van der Waals surface area contributed by atoms with Crippen LogP contribution in [-0.4, -0.2) is 20.4 Å². The molecule has 0 saturated heterocycles. The molecule has 0 radical (unpaired) electrons. The Morgan fingerprint density at radius 3 is 1.62 bits per heavy atom. The van der Waals surface area contributed by atoms with Gasteiger partial charge in [-0.3, -0.25) is 0 Å². The van der Waals surface area contributed by atoms with Gasteiger partial charge in [0, 0.05) is 0 Å². The van der Waals surface area contributed by atoms with Crippen LogP contribution in [0.2, 0.25) is 0 Å². The fourth-order valence-corrected chi connectivity index (χ4v) is 1.44. The summed E-state index contributed by atoms with van der Waals surface area (Å²) in [5.74, 6) is 0.850. The van der Waals surface area contributed by atoms with Gasteiger partial charge in [-0.2, -0.15) is 0 Å². The van der Waals surface area contributed by atoms with Gasteiger partial charge in [0.05, 0.1) is 11.1 Å². The molecule has 16 heavy (non-hydrogen) atoms. The highest BCUT2D eigenvalue weighted by Crippen LogP contribution is 2.28. The number of rotatable bonds is 2. The average molecular weight is 214 g/mol. The molecule has 0 spiro atoms. The van der Waals surface area contributed by atoms with Crippen LogP contribution < -0.4 is 0 Å². The Balaban J connectivity index is 2.19. The normalized spacial score (nSPS) is 10.5. The quantitative estimate of drug-likeness (QED) is 0.647. The van der Waals surface area contributed by atoms with Crippen LogP contribution in [0.5, 0.6) is 0 Å². The molecule has 1 aromatic carbocycles. The highest BCUT2D eigenvalue weighted by molar-refractivity contribution is 5.74. The van der Waals surface area contributed by atoms with Crippen LogP contribution in [0, 0.1) is 0 Å². The second-order valence-corrected chi connectivity index (χ2v) is 3.03. The largest absolute Gasteiger partial charge is 0.423 e.